The van der Waals surface area contributed by atoms with Gasteiger partial charge in [0.05, 0.1) is 0 Å². The number of carbonyl (C=O) groups is 1. The maximum absolute atomic E-state index is 12.1. The Morgan fingerprint density at radius 3 is 2.78 bits per heavy atom. The van der Waals surface area contributed by atoms with E-state index in [-0.39, 0.29) is 5.91 Å². The minimum atomic E-state index is -0.0293. The van der Waals surface area contributed by atoms with E-state index in [2.05, 4.69) is 27.7 Å². The Bertz CT molecular complexity index is 633. The Balaban J connectivity index is 1.41. The predicted octanol–water partition coefficient (Wildman–Crippen LogP) is 2.97. The van der Waals surface area contributed by atoms with E-state index in [1.54, 1.807) is 18.2 Å². The SMILES string of the molecule is Nc1cccc(C(=O)NCC2CCN(Cc3cccs3)CC2)c1. The molecule has 0 spiro atoms. The number of nitrogen functional groups attached to an aromatic ring is 1. The molecule has 1 fully saturated rings. The van der Waals surface area contributed by atoms with Gasteiger partial charge in [0.2, 0.25) is 0 Å². The molecular weight excluding hydrogens is 306 g/mol. The predicted molar refractivity (Wildman–Crippen MR) is 95.5 cm³/mol. The molecule has 3 rings (SSSR count). The average molecular weight is 329 g/mol. The van der Waals surface area contributed by atoms with Gasteiger partial charge in [-0.05, 0) is 61.5 Å². The molecule has 1 aliphatic rings. The molecule has 2 aromatic rings. The summed E-state index contributed by atoms with van der Waals surface area (Å²) in [6.45, 7) is 4.02. The highest BCUT2D eigenvalue weighted by molar-refractivity contribution is 7.09. The minimum Gasteiger partial charge on any atom is -0.399 e. The summed E-state index contributed by atoms with van der Waals surface area (Å²) in [5.74, 6) is 0.540. The van der Waals surface area contributed by atoms with Crippen molar-refractivity contribution in [3.63, 3.8) is 0 Å². The van der Waals surface area contributed by atoms with Crippen molar-refractivity contribution < 1.29 is 4.79 Å². The minimum absolute atomic E-state index is 0.0293. The van der Waals surface area contributed by atoms with Crippen LogP contribution in [0.3, 0.4) is 0 Å². The third-order valence-electron chi connectivity index (χ3n) is 4.37. The smallest absolute Gasteiger partial charge is 0.251 e. The van der Waals surface area contributed by atoms with E-state index in [9.17, 15) is 4.79 Å². The third kappa shape index (κ3) is 4.56. The van der Waals surface area contributed by atoms with E-state index in [1.807, 2.05) is 17.4 Å². The van der Waals surface area contributed by atoms with Crippen LogP contribution in [0.5, 0.6) is 0 Å². The van der Waals surface area contributed by atoms with Crippen LogP contribution in [0.25, 0.3) is 0 Å². The van der Waals surface area contributed by atoms with Gasteiger partial charge < -0.3 is 11.1 Å². The molecule has 1 saturated heterocycles. The number of hydrogen-bond acceptors (Lipinski definition) is 4. The molecule has 0 unspecified atom stereocenters. The summed E-state index contributed by atoms with van der Waals surface area (Å²) in [5.41, 5.74) is 6.99. The lowest BCUT2D eigenvalue weighted by molar-refractivity contribution is 0.0935. The normalized spacial score (nSPS) is 16.3. The molecule has 0 radical (unpaired) electrons. The van der Waals surface area contributed by atoms with Crippen molar-refractivity contribution in [2.75, 3.05) is 25.4 Å². The van der Waals surface area contributed by atoms with Crippen LogP contribution in [0.1, 0.15) is 28.1 Å². The lowest BCUT2D eigenvalue weighted by atomic mass is 9.96. The second-order valence-electron chi connectivity index (χ2n) is 6.13. The van der Waals surface area contributed by atoms with Gasteiger partial charge in [-0.3, -0.25) is 9.69 Å². The zero-order chi connectivity index (χ0) is 16.1. The Kier molecular flexibility index (Phi) is 5.31. The first-order chi connectivity index (χ1) is 11.2. The van der Waals surface area contributed by atoms with Crippen LogP contribution in [0.4, 0.5) is 5.69 Å². The Labute approximate surface area is 141 Å². The zero-order valence-electron chi connectivity index (χ0n) is 13.2. The van der Waals surface area contributed by atoms with Crippen molar-refractivity contribution >= 4 is 22.9 Å². The van der Waals surface area contributed by atoms with Gasteiger partial charge in [-0.1, -0.05) is 12.1 Å². The number of nitrogens with two attached hydrogens (primary N) is 1. The van der Waals surface area contributed by atoms with Crippen molar-refractivity contribution in [2.45, 2.75) is 19.4 Å². The number of amides is 1. The first-order valence-corrected chi connectivity index (χ1v) is 8.97. The number of benzene rings is 1. The number of thiophene rings is 1. The Morgan fingerprint density at radius 1 is 1.26 bits per heavy atom. The molecule has 23 heavy (non-hydrogen) atoms. The fraction of sp³-hybridized carbons (Fsp3) is 0.389. The maximum Gasteiger partial charge on any atom is 0.251 e. The topological polar surface area (TPSA) is 58.4 Å². The Hall–Kier alpha value is -1.85. The molecule has 0 saturated carbocycles. The van der Waals surface area contributed by atoms with Gasteiger partial charge in [-0.25, -0.2) is 0 Å². The van der Waals surface area contributed by atoms with Crippen molar-refractivity contribution in [1.82, 2.24) is 10.2 Å². The standard InChI is InChI=1S/C18H23N3OS/c19-16-4-1-3-15(11-16)18(22)20-12-14-6-8-21(9-7-14)13-17-5-2-10-23-17/h1-5,10-11,14H,6-9,12-13,19H2,(H,20,22). The molecule has 1 aromatic heterocycles. The number of rotatable bonds is 5. The van der Waals surface area contributed by atoms with Crippen LogP contribution < -0.4 is 11.1 Å². The first kappa shape index (κ1) is 16.0. The van der Waals surface area contributed by atoms with Gasteiger partial charge in [0, 0.05) is 29.2 Å². The summed E-state index contributed by atoms with van der Waals surface area (Å²) in [6.07, 6.45) is 2.28. The van der Waals surface area contributed by atoms with Gasteiger partial charge in [-0.2, -0.15) is 0 Å². The molecule has 4 nitrogen and oxygen atoms in total. The number of hydrogen-bond donors (Lipinski definition) is 2. The van der Waals surface area contributed by atoms with Crippen molar-refractivity contribution in [1.29, 1.82) is 0 Å². The molecule has 1 aliphatic heterocycles. The van der Waals surface area contributed by atoms with Crippen LogP contribution in [0.2, 0.25) is 0 Å². The fourth-order valence-electron chi connectivity index (χ4n) is 2.99. The van der Waals surface area contributed by atoms with Crippen LogP contribution in [0.15, 0.2) is 41.8 Å². The summed E-state index contributed by atoms with van der Waals surface area (Å²) in [6, 6.07) is 11.4. The Morgan fingerprint density at radius 2 is 2.09 bits per heavy atom. The first-order valence-electron chi connectivity index (χ1n) is 8.09. The van der Waals surface area contributed by atoms with Crippen molar-refractivity contribution in [3.8, 4) is 0 Å². The second-order valence-corrected chi connectivity index (χ2v) is 7.17. The number of nitrogens with one attached hydrogen (secondary N) is 1. The molecule has 5 heteroatoms. The highest BCUT2D eigenvalue weighted by atomic mass is 32.1. The molecule has 2 heterocycles. The number of likely N-dealkylation sites (tertiary alicyclic amines) is 1. The van der Waals surface area contributed by atoms with E-state index >= 15 is 0 Å². The molecule has 0 atom stereocenters. The maximum atomic E-state index is 12.1. The van der Waals surface area contributed by atoms with Crippen molar-refractivity contribution in [3.05, 3.63) is 52.2 Å². The second kappa shape index (κ2) is 7.62. The van der Waals surface area contributed by atoms with Gasteiger partial charge >= 0.3 is 0 Å². The third-order valence-corrected chi connectivity index (χ3v) is 5.23. The van der Waals surface area contributed by atoms with Crippen LogP contribution in [-0.2, 0) is 6.54 Å². The van der Waals surface area contributed by atoms with E-state index in [0.29, 0.717) is 17.2 Å². The van der Waals surface area contributed by atoms with Gasteiger partial charge in [-0.15, -0.1) is 11.3 Å². The van der Waals surface area contributed by atoms with E-state index in [4.69, 9.17) is 5.73 Å². The molecular formula is C18H23N3OS. The van der Waals surface area contributed by atoms with Gasteiger partial charge in [0.1, 0.15) is 0 Å². The number of nitrogens with zero attached hydrogens (tertiary/aromatic N) is 1. The molecule has 122 valence electrons. The molecule has 3 N–H and O–H groups in total. The van der Waals surface area contributed by atoms with E-state index in [0.717, 1.165) is 39.0 Å². The van der Waals surface area contributed by atoms with Crippen LogP contribution in [0, 0.1) is 5.92 Å². The van der Waals surface area contributed by atoms with E-state index < -0.39 is 0 Å². The summed E-state index contributed by atoms with van der Waals surface area (Å²) in [7, 11) is 0. The van der Waals surface area contributed by atoms with Gasteiger partial charge in [0.15, 0.2) is 0 Å². The van der Waals surface area contributed by atoms with Crippen LogP contribution >= 0.6 is 11.3 Å². The summed E-state index contributed by atoms with van der Waals surface area (Å²) in [4.78, 5) is 16.1. The molecule has 0 aliphatic carbocycles. The monoisotopic (exact) mass is 329 g/mol. The number of anilines is 1. The average Bonchev–Trinajstić information content (AvgIpc) is 3.07. The lowest BCUT2D eigenvalue weighted by Gasteiger charge is -2.31. The largest absolute Gasteiger partial charge is 0.399 e. The number of carbonyl (C=O) groups excluding carboxylic acids is 1. The van der Waals surface area contributed by atoms with Crippen LogP contribution in [-0.4, -0.2) is 30.4 Å². The zero-order valence-corrected chi connectivity index (χ0v) is 14.0. The molecule has 1 amide bonds. The molecule has 1 aromatic carbocycles. The highest BCUT2D eigenvalue weighted by Gasteiger charge is 2.20. The van der Waals surface area contributed by atoms with Crippen molar-refractivity contribution in [2.24, 2.45) is 5.92 Å². The van der Waals surface area contributed by atoms with E-state index in [1.165, 1.54) is 4.88 Å². The number of piperidine rings is 1. The van der Waals surface area contributed by atoms with Gasteiger partial charge in [0.25, 0.3) is 5.91 Å². The highest BCUT2D eigenvalue weighted by Crippen LogP contribution is 2.20. The molecule has 0 bridgehead atoms. The fourth-order valence-corrected chi connectivity index (χ4v) is 3.74. The quantitative estimate of drug-likeness (QED) is 0.829. The summed E-state index contributed by atoms with van der Waals surface area (Å²) >= 11 is 1.82. The summed E-state index contributed by atoms with van der Waals surface area (Å²) < 4.78 is 0. The lowest BCUT2D eigenvalue weighted by Crippen LogP contribution is -2.38. The summed E-state index contributed by atoms with van der Waals surface area (Å²) in [5, 5.41) is 5.18.